The molecule has 1 aromatic heterocycles. The normalized spacial score (nSPS) is 12.5. The molecule has 5 heteroatoms. The molecule has 0 radical (unpaired) electrons. The number of nitrogens with one attached hydrogen (secondary N) is 1. The van der Waals surface area contributed by atoms with Gasteiger partial charge in [-0.15, -0.1) is 0 Å². The number of carboxylic acids is 1. The third kappa shape index (κ3) is 2.55. The molecular formula is C12H14N2O3. The van der Waals surface area contributed by atoms with Crippen LogP contribution in [0, 0.1) is 0 Å². The number of rotatable bonds is 5. The molecule has 1 heterocycles. The smallest absolute Gasteiger partial charge is 0.326 e. The second kappa shape index (κ2) is 4.86. The first-order chi connectivity index (χ1) is 8.20. The first-order valence-corrected chi connectivity index (χ1v) is 5.55. The first-order valence-electron chi connectivity index (χ1n) is 5.55. The van der Waals surface area contributed by atoms with Crippen LogP contribution in [0.1, 0.15) is 19.8 Å². The molecular weight excluding hydrogens is 220 g/mol. The Labute approximate surface area is 98.5 Å². The monoisotopic (exact) mass is 234 g/mol. The van der Waals surface area contributed by atoms with E-state index >= 15 is 0 Å². The van der Waals surface area contributed by atoms with Crippen molar-refractivity contribution in [3.05, 3.63) is 24.3 Å². The van der Waals surface area contributed by atoms with Crippen LogP contribution in [0.5, 0.6) is 0 Å². The highest BCUT2D eigenvalue weighted by atomic mass is 16.4. The lowest BCUT2D eigenvalue weighted by Gasteiger charge is -2.10. The molecule has 0 fully saturated rings. The Kier molecular flexibility index (Phi) is 3.27. The molecule has 2 N–H and O–H groups in total. The molecule has 0 bridgehead atoms. The molecule has 1 unspecified atom stereocenters. The summed E-state index contributed by atoms with van der Waals surface area (Å²) < 4.78 is 5.41. The molecule has 0 spiro atoms. The van der Waals surface area contributed by atoms with E-state index in [0.717, 1.165) is 11.9 Å². The average Bonchev–Trinajstić information content (AvgIpc) is 2.70. The lowest BCUT2D eigenvalue weighted by Crippen LogP contribution is -2.29. The van der Waals surface area contributed by atoms with Gasteiger partial charge in [0, 0.05) is 0 Å². The van der Waals surface area contributed by atoms with Gasteiger partial charge in [-0.05, 0) is 18.6 Å². The summed E-state index contributed by atoms with van der Waals surface area (Å²) in [4.78, 5) is 15.2. The van der Waals surface area contributed by atoms with Gasteiger partial charge in [0.2, 0.25) is 0 Å². The van der Waals surface area contributed by atoms with Crippen LogP contribution in [0.3, 0.4) is 0 Å². The summed E-state index contributed by atoms with van der Waals surface area (Å²) in [6.07, 6.45) is 1.32. The van der Waals surface area contributed by atoms with E-state index in [-0.39, 0.29) is 6.01 Å². The van der Waals surface area contributed by atoms with Gasteiger partial charge >= 0.3 is 5.97 Å². The molecule has 17 heavy (non-hydrogen) atoms. The van der Waals surface area contributed by atoms with Crippen molar-refractivity contribution in [1.29, 1.82) is 0 Å². The molecule has 2 aromatic rings. The maximum atomic E-state index is 11.0. The minimum Gasteiger partial charge on any atom is -0.480 e. The highest BCUT2D eigenvalue weighted by Gasteiger charge is 2.18. The fourth-order valence-corrected chi connectivity index (χ4v) is 1.63. The maximum Gasteiger partial charge on any atom is 0.326 e. The quantitative estimate of drug-likeness (QED) is 0.831. The molecule has 0 saturated heterocycles. The molecule has 0 aliphatic heterocycles. The zero-order chi connectivity index (χ0) is 12.3. The van der Waals surface area contributed by atoms with E-state index in [1.807, 2.05) is 25.1 Å². The number of aliphatic carboxylic acids is 1. The van der Waals surface area contributed by atoms with Crippen LogP contribution in [0.25, 0.3) is 11.1 Å². The van der Waals surface area contributed by atoms with Crippen molar-refractivity contribution in [3.8, 4) is 0 Å². The van der Waals surface area contributed by atoms with Gasteiger partial charge in [-0.2, -0.15) is 4.98 Å². The van der Waals surface area contributed by atoms with E-state index in [2.05, 4.69) is 10.3 Å². The number of carboxylic acid groups (broad SMARTS) is 1. The van der Waals surface area contributed by atoms with Crippen molar-refractivity contribution < 1.29 is 14.3 Å². The van der Waals surface area contributed by atoms with Crippen molar-refractivity contribution >= 4 is 23.1 Å². The van der Waals surface area contributed by atoms with Gasteiger partial charge in [0.25, 0.3) is 6.01 Å². The fraction of sp³-hybridized carbons (Fsp3) is 0.333. The van der Waals surface area contributed by atoms with E-state index in [1.165, 1.54) is 0 Å². The minimum atomic E-state index is -0.894. The van der Waals surface area contributed by atoms with Crippen LogP contribution in [-0.4, -0.2) is 22.1 Å². The molecule has 0 saturated carbocycles. The number of hydrogen-bond donors (Lipinski definition) is 2. The summed E-state index contributed by atoms with van der Waals surface area (Å²) >= 11 is 0. The number of fused-ring (bicyclic) bond motifs is 1. The Bertz CT molecular complexity index is 488. The summed E-state index contributed by atoms with van der Waals surface area (Å²) in [5.74, 6) is -0.894. The van der Waals surface area contributed by atoms with Crippen molar-refractivity contribution in [1.82, 2.24) is 4.98 Å². The van der Waals surface area contributed by atoms with Crippen molar-refractivity contribution in [2.24, 2.45) is 0 Å². The Morgan fingerprint density at radius 2 is 2.29 bits per heavy atom. The number of oxazole rings is 1. The lowest BCUT2D eigenvalue weighted by atomic mass is 10.2. The summed E-state index contributed by atoms with van der Waals surface area (Å²) in [6, 6.07) is 6.91. The van der Waals surface area contributed by atoms with Crippen LogP contribution < -0.4 is 5.32 Å². The van der Waals surface area contributed by atoms with Gasteiger partial charge in [-0.1, -0.05) is 25.5 Å². The number of anilines is 1. The summed E-state index contributed by atoms with van der Waals surface area (Å²) in [6.45, 7) is 1.93. The van der Waals surface area contributed by atoms with E-state index in [4.69, 9.17) is 9.52 Å². The molecule has 90 valence electrons. The van der Waals surface area contributed by atoms with Crippen molar-refractivity contribution in [2.75, 3.05) is 5.32 Å². The third-order valence-corrected chi connectivity index (χ3v) is 2.47. The van der Waals surface area contributed by atoms with Gasteiger partial charge in [0.1, 0.15) is 11.6 Å². The SMILES string of the molecule is CCCC(Nc1nc2ccccc2o1)C(=O)O. The largest absolute Gasteiger partial charge is 0.480 e. The highest BCUT2D eigenvalue weighted by Crippen LogP contribution is 2.19. The number of benzene rings is 1. The number of aromatic nitrogens is 1. The van der Waals surface area contributed by atoms with Gasteiger partial charge in [0.05, 0.1) is 0 Å². The van der Waals surface area contributed by atoms with Crippen LogP contribution in [-0.2, 0) is 4.79 Å². The van der Waals surface area contributed by atoms with Gasteiger partial charge in [0.15, 0.2) is 5.58 Å². The maximum absolute atomic E-state index is 11.0. The second-order valence-electron chi connectivity index (χ2n) is 3.81. The van der Waals surface area contributed by atoms with Crippen LogP contribution in [0.2, 0.25) is 0 Å². The van der Waals surface area contributed by atoms with Gasteiger partial charge in [-0.25, -0.2) is 4.79 Å². The molecule has 1 atom stereocenters. The topological polar surface area (TPSA) is 75.4 Å². The molecule has 1 aromatic carbocycles. The Balaban J connectivity index is 2.19. The lowest BCUT2D eigenvalue weighted by molar-refractivity contribution is -0.138. The molecule has 5 nitrogen and oxygen atoms in total. The standard InChI is InChI=1S/C12H14N2O3/c1-2-5-9(11(15)16)14-12-13-8-6-3-4-7-10(8)17-12/h3-4,6-7,9H,2,5H2,1H3,(H,13,14)(H,15,16). The number of carbonyl (C=O) groups is 1. The van der Waals surface area contributed by atoms with Gasteiger partial charge in [-0.3, -0.25) is 0 Å². The highest BCUT2D eigenvalue weighted by molar-refractivity contribution is 5.78. The number of hydrogen-bond acceptors (Lipinski definition) is 4. The predicted molar refractivity (Wildman–Crippen MR) is 64.0 cm³/mol. The van der Waals surface area contributed by atoms with E-state index in [0.29, 0.717) is 12.0 Å². The summed E-state index contributed by atoms with van der Waals surface area (Å²) in [5, 5.41) is 11.8. The Morgan fingerprint density at radius 3 is 2.94 bits per heavy atom. The first kappa shape index (κ1) is 11.4. The van der Waals surface area contributed by atoms with E-state index < -0.39 is 12.0 Å². The van der Waals surface area contributed by atoms with E-state index in [9.17, 15) is 4.79 Å². The zero-order valence-electron chi connectivity index (χ0n) is 9.51. The zero-order valence-corrected chi connectivity index (χ0v) is 9.51. The average molecular weight is 234 g/mol. The molecule has 2 rings (SSSR count). The van der Waals surface area contributed by atoms with Crippen molar-refractivity contribution in [3.63, 3.8) is 0 Å². The van der Waals surface area contributed by atoms with Gasteiger partial charge < -0.3 is 14.8 Å². The number of nitrogens with zero attached hydrogens (tertiary/aromatic N) is 1. The van der Waals surface area contributed by atoms with Crippen LogP contribution >= 0.6 is 0 Å². The van der Waals surface area contributed by atoms with Crippen LogP contribution in [0.4, 0.5) is 6.01 Å². The molecule has 0 amide bonds. The van der Waals surface area contributed by atoms with E-state index in [1.54, 1.807) is 6.07 Å². The summed E-state index contributed by atoms with van der Waals surface area (Å²) in [7, 11) is 0. The van der Waals surface area contributed by atoms with Crippen molar-refractivity contribution in [2.45, 2.75) is 25.8 Å². The van der Waals surface area contributed by atoms with Crippen LogP contribution in [0.15, 0.2) is 28.7 Å². The Morgan fingerprint density at radius 1 is 1.53 bits per heavy atom. The predicted octanol–water partition coefficient (Wildman–Crippen LogP) is 2.49. The fourth-order valence-electron chi connectivity index (χ4n) is 1.63. The number of para-hydroxylation sites is 2. The second-order valence-corrected chi connectivity index (χ2v) is 3.81. The third-order valence-electron chi connectivity index (χ3n) is 2.47. The Hall–Kier alpha value is -2.04. The minimum absolute atomic E-state index is 0.257. The molecule has 0 aliphatic rings. The summed E-state index contributed by atoms with van der Waals surface area (Å²) in [5.41, 5.74) is 1.37. The molecule has 0 aliphatic carbocycles.